The number of nitrogens with two attached hydrogens (primary N) is 1. The van der Waals surface area contributed by atoms with Crippen molar-refractivity contribution in [1.29, 1.82) is 0 Å². The SMILES string of the molecule is Cc1cc(NC2(CN)CCCC(C)C2C)cc(C)c1Br. The Bertz CT molecular complexity index is 463. The second-order valence-corrected chi connectivity index (χ2v) is 7.36. The normalized spacial score (nSPS) is 30.3. The average Bonchev–Trinajstić information content (AvgIpc) is 2.41. The highest BCUT2D eigenvalue weighted by molar-refractivity contribution is 9.10. The molecule has 0 heterocycles. The van der Waals surface area contributed by atoms with Crippen LogP contribution in [-0.2, 0) is 0 Å². The molecular weight excluding hydrogens is 312 g/mol. The van der Waals surface area contributed by atoms with Crippen LogP contribution in [0.4, 0.5) is 5.69 Å². The zero-order valence-electron chi connectivity index (χ0n) is 13.1. The Morgan fingerprint density at radius 2 is 1.90 bits per heavy atom. The Morgan fingerprint density at radius 1 is 1.30 bits per heavy atom. The van der Waals surface area contributed by atoms with Gasteiger partial charge in [-0.15, -0.1) is 0 Å². The van der Waals surface area contributed by atoms with Gasteiger partial charge in [0.2, 0.25) is 0 Å². The lowest BCUT2D eigenvalue weighted by Gasteiger charge is -2.46. The van der Waals surface area contributed by atoms with E-state index in [1.807, 2.05) is 0 Å². The number of nitrogens with one attached hydrogen (secondary N) is 1. The predicted molar refractivity (Wildman–Crippen MR) is 91.2 cm³/mol. The van der Waals surface area contributed by atoms with Gasteiger partial charge in [0.25, 0.3) is 0 Å². The van der Waals surface area contributed by atoms with Crippen LogP contribution < -0.4 is 11.1 Å². The second kappa shape index (κ2) is 6.07. The first-order valence-corrected chi connectivity index (χ1v) is 8.44. The number of halogens is 1. The molecule has 3 unspecified atom stereocenters. The van der Waals surface area contributed by atoms with Gasteiger partial charge in [-0.05, 0) is 55.4 Å². The van der Waals surface area contributed by atoms with E-state index >= 15 is 0 Å². The van der Waals surface area contributed by atoms with Gasteiger partial charge in [-0.1, -0.05) is 42.6 Å². The third-order valence-electron chi connectivity index (χ3n) is 5.20. The molecule has 2 nitrogen and oxygen atoms in total. The zero-order chi connectivity index (χ0) is 14.9. The first kappa shape index (κ1) is 15.8. The molecule has 1 fully saturated rings. The summed E-state index contributed by atoms with van der Waals surface area (Å²) in [5.41, 5.74) is 9.97. The molecule has 0 radical (unpaired) electrons. The van der Waals surface area contributed by atoms with Gasteiger partial charge >= 0.3 is 0 Å². The van der Waals surface area contributed by atoms with E-state index < -0.39 is 0 Å². The molecule has 1 aliphatic rings. The number of rotatable bonds is 3. The van der Waals surface area contributed by atoms with Crippen molar-refractivity contribution in [1.82, 2.24) is 0 Å². The quantitative estimate of drug-likeness (QED) is 0.842. The summed E-state index contributed by atoms with van der Waals surface area (Å²) in [6, 6.07) is 4.45. The van der Waals surface area contributed by atoms with Crippen LogP contribution in [0.5, 0.6) is 0 Å². The van der Waals surface area contributed by atoms with Crippen LogP contribution in [0.3, 0.4) is 0 Å². The van der Waals surface area contributed by atoms with Crippen molar-refractivity contribution >= 4 is 21.6 Å². The van der Waals surface area contributed by atoms with Gasteiger partial charge in [-0.2, -0.15) is 0 Å². The molecule has 2 rings (SSSR count). The standard InChI is InChI=1S/C17H27BrN2/c1-11-6-5-7-17(10-19,14(11)4)20-15-8-12(2)16(18)13(3)9-15/h8-9,11,14,20H,5-7,10,19H2,1-4H3. The molecule has 3 heteroatoms. The summed E-state index contributed by atoms with van der Waals surface area (Å²) in [7, 11) is 0. The predicted octanol–water partition coefficient (Wildman–Crippen LogP) is 4.63. The van der Waals surface area contributed by atoms with E-state index in [1.54, 1.807) is 0 Å². The molecule has 0 amide bonds. The van der Waals surface area contributed by atoms with E-state index in [1.165, 1.54) is 40.5 Å². The summed E-state index contributed by atoms with van der Waals surface area (Å²) >= 11 is 3.64. The van der Waals surface area contributed by atoms with Gasteiger partial charge in [0.1, 0.15) is 0 Å². The minimum absolute atomic E-state index is 0.0460. The number of hydrogen-bond donors (Lipinski definition) is 2. The van der Waals surface area contributed by atoms with Crippen LogP contribution in [-0.4, -0.2) is 12.1 Å². The fourth-order valence-corrected chi connectivity index (χ4v) is 3.81. The van der Waals surface area contributed by atoms with Gasteiger partial charge in [0.15, 0.2) is 0 Å². The van der Waals surface area contributed by atoms with E-state index in [9.17, 15) is 0 Å². The van der Waals surface area contributed by atoms with Crippen molar-refractivity contribution in [2.45, 2.75) is 52.5 Å². The lowest BCUT2D eigenvalue weighted by molar-refractivity contribution is 0.168. The second-order valence-electron chi connectivity index (χ2n) is 6.57. The van der Waals surface area contributed by atoms with Crippen LogP contribution in [0.1, 0.15) is 44.2 Å². The molecule has 1 aromatic rings. The smallest absolute Gasteiger partial charge is 0.0523 e. The molecule has 112 valence electrons. The van der Waals surface area contributed by atoms with Gasteiger partial charge < -0.3 is 11.1 Å². The Labute approximate surface area is 131 Å². The number of hydrogen-bond acceptors (Lipinski definition) is 2. The minimum atomic E-state index is 0.0460. The van der Waals surface area contributed by atoms with Gasteiger partial charge in [-0.25, -0.2) is 0 Å². The van der Waals surface area contributed by atoms with E-state index in [4.69, 9.17) is 5.73 Å². The molecule has 0 aliphatic heterocycles. The Hall–Kier alpha value is -0.540. The molecule has 1 aliphatic carbocycles. The van der Waals surface area contributed by atoms with Crippen LogP contribution in [0.15, 0.2) is 16.6 Å². The molecule has 1 saturated carbocycles. The van der Waals surface area contributed by atoms with Crippen LogP contribution >= 0.6 is 15.9 Å². The Balaban J connectivity index is 2.30. The minimum Gasteiger partial charge on any atom is -0.378 e. The monoisotopic (exact) mass is 338 g/mol. The number of aryl methyl sites for hydroxylation is 2. The van der Waals surface area contributed by atoms with Gasteiger partial charge in [-0.3, -0.25) is 0 Å². The fourth-order valence-electron chi connectivity index (χ4n) is 3.58. The van der Waals surface area contributed by atoms with E-state index in [0.29, 0.717) is 12.5 Å². The molecule has 0 saturated heterocycles. The van der Waals surface area contributed by atoms with E-state index in [0.717, 1.165) is 5.92 Å². The summed E-state index contributed by atoms with van der Waals surface area (Å²) in [5.74, 6) is 1.34. The van der Waals surface area contributed by atoms with Crippen molar-refractivity contribution < 1.29 is 0 Å². The fraction of sp³-hybridized carbons (Fsp3) is 0.647. The van der Waals surface area contributed by atoms with Crippen LogP contribution in [0.25, 0.3) is 0 Å². The molecule has 0 bridgehead atoms. The summed E-state index contributed by atoms with van der Waals surface area (Å²) < 4.78 is 1.20. The van der Waals surface area contributed by atoms with Gasteiger partial charge in [0.05, 0.1) is 5.54 Å². The summed E-state index contributed by atoms with van der Waals surface area (Å²) in [6.07, 6.45) is 3.76. The first-order chi connectivity index (χ1) is 9.39. The number of benzene rings is 1. The van der Waals surface area contributed by atoms with Gasteiger partial charge in [0, 0.05) is 16.7 Å². The highest BCUT2D eigenvalue weighted by atomic mass is 79.9. The topological polar surface area (TPSA) is 38.0 Å². The Morgan fingerprint density at radius 3 is 2.45 bits per heavy atom. The summed E-state index contributed by atoms with van der Waals surface area (Å²) in [6.45, 7) is 9.69. The zero-order valence-corrected chi connectivity index (χ0v) is 14.7. The maximum Gasteiger partial charge on any atom is 0.0523 e. The molecule has 3 N–H and O–H groups in total. The van der Waals surface area contributed by atoms with E-state index in [-0.39, 0.29) is 5.54 Å². The van der Waals surface area contributed by atoms with E-state index in [2.05, 4.69) is 61.1 Å². The lowest BCUT2D eigenvalue weighted by Crippen LogP contribution is -2.54. The molecule has 0 spiro atoms. The molecule has 20 heavy (non-hydrogen) atoms. The molecule has 1 aromatic carbocycles. The van der Waals surface area contributed by atoms with Crippen LogP contribution in [0.2, 0.25) is 0 Å². The average molecular weight is 339 g/mol. The molecule has 0 aromatic heterocycles. The Kier molecular flexibility index (Phi) is 4.80. The van der Waals surface area contributed by atoms with Crippen molar-refractivity contribution in [3.05, 3.63) is 27.7 Å². The maximum absolute atomic E-state index is 6.17. The van der Waals surface area contributed by atoms with Crippen molar-refractivity contribution in [2.75, 3.05) is 11.9 Å². The first-order valence-electron chi connectivity index (χ1n) is 7.64. The third-order valence-corrected chi connectivity index (χ3v) is 6.45. The molecule has 3 atom stereocenters. The lowest BCUT2D eigenvalue weighted by atomic mass is 9.68. The summed E-state index contributed by atoms with van der Waals surface area (Å²) in [4.78, 5) is 0. The maximum atomic E-state index is 6.17. The largest absolute Gasteiger partial charge is 0.378 e. The van der Waals surface area contributed by atoms with Crippen molar-refractivity contribution in [3.63, 3.8) is 0 Å². The van der Waals surface area contributed by atoms with Crippen molar-refractivity contribution in [3.8, 4) is 0 Å². The highest BCUT2D eigenvalue weighted by Crippen LogP contribution is 2.40. The number of anilines is 1. The summed E-state index contributed by atoms with van der Waals surface area (Å²) in [5, 5.41) is 3.79. The highest BCUT2D eigenvalue weighted by Gasteiger charge is 2.40. The molecular formula is C17H27BrN2. The van der Waals surface area contributed by atoms with Crippen molar-refractivity contribution in [2.24, 2.45) is 17.6 Å². The third kappa shape index (κ3) is 2.89. The van der Waals surface area contributed by atoms with Crippen LogP contribution in [0, 0.1) is 25.7 Å².